The molecule has 2 rings (SSSR count). The quantitative estimate of drug-likeness (QED) is 0.360. The zero-order valence-corrected chi connectivity index (χ0v) is 15.9. The van der Waals surface area contributed by atoms with Crippen molar-refractivity contribution in [1.82, 2.24) is 0 Å². The number of fused-ring (bicyclic) bond motifs is 2. The lowest BCUT2D eigenvalue weighted by Gasteiger charge is -2.29. The van der Waals surface area contributed by atoms with E-state index in [2.05, 4.69) is 30.8 Å². The molecule has 0 spiro atoms. The summed E-state index contributed by atoms with van der Waals surface area (Å²) in [6.45, 7) is 4.11. The lowest BCUT2D eigenvalue weighted by molar-refractivity contribution is -0.137. The maximum atomic E-state index is 10.5. The Kier molecular flexibility index (Phi) is 9.26. The second-order valence-electron chi connectivity index (χ2n) is 7.25. The molecule has 24 heavy (non-hydrogen) atoms. The van der Waals surface area contributed by atoms with Crippen molar-refractivity contribution in [2.24, 2.45) is 11.8 Å². The molecule has 3 nitrogen and oxygen atoms in total. The molecule has 2 fully saturated rings. The molecule has 0 aromatic heterocycles. The number of rotatable bonds is 13. The summed E-state index contributed by atoms with van der Waals surface area (Å²) >= 11 is 2.20. The monoisotopic (exact) mass is 354 g/mol. The first-order chi connectivity index (χ1) is 11.7. The van der Waals surface area contributed by atoms with Crippen molar-refractivity contribution in [3.63, 3.8) is 0 Å². The number of aliphatic carboxylic acids is 1. The maximum absolute atomic E-state index is 10.5. The molecule has 1 unspecified atom stereocenters. The Labute approximate surface area is 151 Å². The molecular weight excluding hydrogens is 320 g/mol. The Balaban J connectivity index is 1.65. The van der Waals surface area contributed by atoms with Crippen molar-refractivity contribution in [2.75, 3.05) is 13.2 Å². The lowest BCUT2D eigenvalue weighted by Crippen LogP contribution is -2.30. The molecule has 2 bridgehead atoms. The number of hydrogen-bond donors (Lipinski definition) is 1. The van der Waals surface area contributed by atoms with Crippen LogP contribution in [-0.2, 0) is 9.53 Å². The molecule has 4 atom stereocenters. The van der Waals surface area contributed by atoms with Crippen LogP contribution in [0.4, 0.5) is 0 Å². The second kappa shape index (κ2) is 11.2. The average molecular weight is 355 g/mol. The van der Waals surface area contributed by atoms with Crippen LogP contribution in [0, 0.1) is 11.8 Å². The van der Waals surface area contributed by atoms with Crippen LogP contribution in [0.25, 0.3) is 0 Å². The predicted octanol–water partition coefficient (Wildman–Crippen LogP) is 5.29. The number of carboxylic acid groups (broad SMARTS) is 1. The van der Waals surface area contributed by atoms with Gasteiger partial charge < -0.3 is 9.84 Å². The smallest absolute Gasteiger partial charge is 0.303 e. The SMILES string of the molecule is CCCCCCOC[C@@H]1[C@@H]2CCC(S2)[C@@H]1C/C=C\CCCC(=O)O. The molecule has 0 aromatic rings. The van der Waals surface area contributed by atoms with Crippen molar-refractivity contribution in [3.05, 3.63) is 12.2 Å². The molecule has 0 radical (unpaired) electrons. The first-order valence-electron chi connectivity index (χ1n) is 9.82. The Morgan fingerprint density at radius 2 is 1.92 bits per heavy atom. The van der Waals surface area contributed by atoms with E-state index in [4.69, 9.17) is 9.84 Å². The maximum Gasteiger partial charge on any atom is 0.303 e. The van der Waals surface area contributed by atoms with Crippen LogP contribution >= 0.6 is 11.8 Å². The largest absolute Gasteiger partial charge is 0.481 e. The van der Waals surface area contributed by atoms with Gasteiger partial charge in [0.25, 0.3) is 0 Å². The third-order valence-corrected chi connectivity index (χ3v) is 7.25. The van der Waals surface area contributed by atoms with Crippen molar-refractivity contribution < 1.29 is 14.6 Å². The molecular formula is C20H34O3S. The van der Waals surface area contributed by atoms with Gasteiger partial charge >= 0.3 is 5.97 Å². The molecule has 1 N–H and O–H groups in total. The summed E-state index contributed by atoms with van der Waals surface area (Å²) in [6, 6.07) is 0. The van der Waals surface area contributed by atoms with Gasteiger partial charge in [-0.2, -0.15) is 11.8 Å². The number of thioether (sulfide) groups is 1. The van der Waals surface area contributed by atoms with Crippen molar-refractivity contribution >= 4 is 17.7 Å². The Morgan fingerprint density at radius 3 is 2.67 bits per heavy atom. The van der Waals surface area contributed by atoms with Gasteiger partial charge in [0.1, 0.15) is 0 Å². The third-order valence-electron chi connectivity index (χ3n) is 5.38. The number of unbranched alkanes of at least 4 members (excludes halogenated alkanes) is 4. The highest BCUT2D eigenvalue weighted by atomic mass is 32.2. The number of ether oxygens (including phenoxy) is 1. The normalized spacial score (nSPS) is 28.9. The van der Waals surface area contributed by atoms with Gasteiger partial charge in [-0.05, 0) is 50.4 Å². The van der Waals surface area contributed by atoms with Crippen LogP contribution in [0.2, 0.25) is 0 Å². The fourth-order valence-electron chi connectivity index (χ4n) is 4.02. The van der Waals surface area contributed by atoms with Gasteiger partial charge in [0.2, 0.25) is 0 Å². The summed E-state index contributed by atoms with van der Waals surface area (Å²) in [5.41, 5.74) is 0. The van der Waals surface area contributed by atoms with Crippen molar-refractivity contribution in [1.29, 1.82) is 0 Å². The summed E-state index contributed by atoms with van der Waals surface area (Å²) in [6.07, 6.45) is 15.4. The molecule has 2 aliphatic rings. The zero-order valence-electron chi connectivity index (χ0n) is 15.1. The number of hydrogen-bond acceptors (Lipinski definition) is 3. The van der Waals surface area contributed by atoms with Gasteiger partial charge in [-0.1, -0.05) is 38.3 Å². The molecule has 2 saturated heterocycles. The lowest BCUT2D eigenvalue weighted by atomic mass is 9.78. The highest BCUT2D eigenvalue weighted by molar-refractivity contribution is 8.01. The Morgan fingerprint density at radius 1 is 1.12 bits per heavy atom. The highest BCUT2D eigenvalue weighted by Crippen LogP contribution is 2.54. The van der Waals surface area contributed by atoms with E-state index < -0.39 is 5.97 Å². The van der Waals surface area contributed by atoms with Gasteiger partial charge in [0.05, 0.1) is 6.61 Å². The van der Waals surface area contributed by atoms with Crippen LogP contribution in [0.1, 0.15) is 71.1 Å². The number of carboxylic acids is 1. The van der Waals surface area contributed by atoms with E-state index in [-0.39, 0.29) is 6.42 Å². The minimum absolute atomic E-state index is 0.281. The van der Waals surface area contributed by atoms with Crippen molar-refractivity contribution in [2.45, 2.75) is 81.6 Å². The molecule has 0 amide bonds. The van der Waals surface area contributed by atoms with E-state index in [1.54, 1.807) is 0 Å². The van der Waals surface area contributed by atoms with Crippen LogP contribution in [-0.4, -0.2) is 34.8 Å². The minimum atomic E-state index is -0.691. The molecule has 0 aliphatic carbocycles. The van der Waals surface area contributed by atoms with Crippen LogP contribution in [0.15, 0.2) is 12.2 Å². The third kappa shape index (κ3) is 6.44. The molecule has 2 aliphatic heterocycles. The van der Waals surface area contributed by atoms with Gasteiger partial charge in [-0.25, -0.2) is 0 Å². The average Bonchev–Trinajstić information content (AvgIpc) is 3.15. The van der Waals surface area contributed by atoms with E-state index in [9.17, 15) is 4.79 Å². The van der Waals surface area contributed by atoms with E-state index >= 15 is 0 Å². The van der Waals surface area contributed by atoms with Gasteiger partial charge in [0, 0.05) is 23.5 Å². The zero-order chi connectivity index (χ0) is 17.2. The van der Waals surface area contributed by atoms with Crippen LogP contribution < -0.4 is 0 Å². The standard InChI is InChI=1S/C20H34O3S/c1-2-3-4-9-14-23-15-17-16(18-12-13-19(17)24-18)10-7-5-6-8-11-20(21)22/h5,7,16-19H,2-4,6,8-15H2,1H3,(H,21,22)/b7-5-/t16-,17+,18?,19+/m1/s1. The van der Waals surface area contributed by atoms with Gasteiger partial charge in [-0.3, -0.25) is 4.79 Å². The summed E-state index contributed by atoms with van der Waals surface area (Å²) in [4.78, 5) is 10.5. The molecule has 4 heteroatoms. The van der Waals surface area contributed by atoms with E-state index in [1.807, 2.05) is 0 Å². The fraction of sp³-hybridized carbons (Fsp3) is 0.850. The van der Waals surface area contributed by atoms with Crippen molar-refractivity contribution in [3.8, 4) is 0 Å². The minimum Gasteiger partial charge on any atom is -0.481 e. The molecule has 2 heterocycles. The first kappa shape index (κ1) is 19.8. The summed E-state index contributed by atoms with van der Waals surface area (Å²) in [5.74, 6) is 0.799. The van der Waals surface area contributed by atoms with Gasteiger partial charge in [0.15, 0.2) is 0 Å². The molecule has 138 valence electrons. The first-order valence-corrected chi connectivity index (χ1v) is 10.8. The van der Waals surface area contributed by atoms with E-state index in [0.717, 1.165) is 54.8 Å². The van der Waals surface area contributed by atoms with E-state index in [1.165, 1.54) is 38.5 Å². The summed E-state index contributed by atoms with van der Waals surface area (Å²) < 4.78 is 6.02. The number of allylic oxidation sites excluding steroid dienone is 2. The van der Waals surface area contributed by atoms with E-state index in [0.29, 0.717) is 0 Å². The Bertz CT molecular complexity index is 396. The van der Waals surface area contributed by atoms with Gasteiger partial charge in [-0.15, -0.1) is 0 Å². The summed E-state index contributed by atoms with van der Waals surface area (Å²) in [7, 11) is 0. The summed E-state index contributed by atoms with van der Waals surface area (Å²) in [5, 5.41) is 10.3. The second-order valence-corrected chi connectivity index (χ2v) is 8.73. The highest BCUT2D eigenvalue weighted by Gasteiger charge is 2.47. The number of carbonyl (C=O) groups is 1. The Hall–Kier alpha value is -0.480. The van der Waals surface area contributed by atoms with Crippen LogP contribution in [0.3, 0.4) is 0 Å². The fourth-order valence-corrected chi connectivity index (χ4v) is 6.01. The topological polar surface area (TPSA) is 46.5 Å². The molecule has 0 saturated carbocycles. The predicted molar refractivity (Wildman–Crippen MR) is 102 cm³/mol. The molecule has 0 aromatic carbocycles. The van der Waals surface area contributed by atoms with Crippen LogP contribution in [0.5, 0.6) is 0 Å².